The summed E-state index contributed by atoms with van der Waals surface area (Å²) in [5.74, 6) is -1.95. The summed E-state index contributed by atoms with van der Waals surface area (Å²) in [6.07, 6.45) is 1.47. The molecule has 1 saturated heterocycles. The molecule has 2 aliphatic heterocycles. The minimum Gasteiger partial charge on any atom is -0.477 e. The van der Waals surface area contributed by atoms with Gasteiger partial charge >= 0.3 is 5.97 Å². The molecule has 2 aliphatic rings. The van der Waals surface area contributed by atoms with Gasteiger partial charge in [-0.25, -0.2) is 9.78 Å². The van der Waals surface area contributed by atoms with Crippen molar-refractivity contribution < 1.29 is 24.7 Å². The van der Waals surface area contributed by atoms with Gasteiger partial charge in [0.2, 0.25) is 4.96 Å². The van der Waals surface area contributed by atoms with Gasteiger partial charge in [0.15, 0.2) is 15.2 Å². The molecule has 0 aliphatic carbocycles. The fourth-order valence-corrected chi connectivity index (χ4v) is 7.26. The molecule has 0 radical (unpaired) electrons. The largest absolute Gasteiger partial charge is 0.477 e. The fourth-order valence-electron chi connectivity index (χ4n) is 3.36. The molecule has 2 amide bonds. The molecule has 5 N–H and O–H groups in total. The highest BCUT2D eigenvalue weighted by Crippen LogP contribution is 2.41. The molecular weight excluding hydrogens is 527 g/mol. The zero-order valence-corrected chi connectivity index (χ0v) is 19.9. The Kier molecular flexibility index (Phi) is 5.88. The first kappa shape index (κ1) is 22.6. The molecule has 18 heteroatoms. The van der Waals surface area contributed by atoms with Crippen molar-refractivity contribution in [3.63, 3.8) is 0 Å². The number of nitrogens with zero attached hydrogens (tertiary/aromatic N) is 7. The minimum absolute atomic E-state index is 0.0678. The second-order valence-corrected chi connectivity index (χ2v) is 11.0. The summed E-state index contributed by atoms with van der Waals surface area (Å²) in [6, 6.07) is -0.979. The Morgan fingerprint density at radius 2 is 2.24 bits per heavy atom. The molecule has 2 atom stereocenters. The Hall–Kier alpha value is -3.22. The lowest BCUT2D eigenvalue weighted by molar-refractivity contribution is -0.150. The molecule has 0 bridgehead atoms. The number of aliphatic carboxylic acids is 1. The van der Waals surface area contributed by atoms with Gasteiger partial charge in [0.1, 0.15) is 29.1 Å². The third-order valence-corrected chi connectivity index (χ3v) is 9.00. The molecule has 3 aromatic heterocycles. The van der Waals surface area contributed by atoms with Crippen LogP contribution in [-0.2, 0) is 14.4 Å². The molecule has 5 heterocycles. The van der Waals surface area contributed by atoms with Crippen LogP contribution in [0.4, 0.5) is 5.13 Å². The van der Waals surface area contributed by atoms with Crippen LogP contribution in [0.1, 0.15) is 5.69 Å². The van der Waals surface area contributed by atoms with E-state index in [1.165, 1.54) is 56.0 Å². The second-order valence-electron chi connectivity index (χ2n) is 6.85. The Morgan fingerprint density at radius 3 is 2.91 bits per heavy atom. The quantitative estimate of drug-likeness (QED) is 0.103. The van der Waals surface area contributed by atoms with Gasteiger partial charge in [0.05, 0.1) is 0 Å². The molecule has 5 rings (SSSR count). The van der Waals surface area contributed by atoms with E-state index in [4.69, 9.17) is 5.73 Å². The van der Waals surface area contributed by atoms with Gasteiger partial charge in [-0.3, -0.25) is 14.5 Å². The number of amides is 2. The molecule has 0 spiro atoms. The Balaban J connectivity index is 1.30. The van der Waals surface area contributed by atoms with E-state index in [2.05, 4.69) is 30.8 Å². The second kappa shape index (κ2) is 8.85. The van der Waals surface area contributed by atoms with E-state index in [9.17, 15) is 24.7 Å². The lowest BCUT2D eigenvalue weighted by Gasteiger charge is -2.49. The van der Waals surface area contributed by atoms with Crippen LogP contribution in [0.5, 0.6) is 0 Å². The number of anilines is 1. The number of fused-ring (bicyclic) bond motifs is 2. The molecule has 1 fully saturated rings. The number of β-lactam (4-membered cyclic amide) rings is 1. The lowest BCUT2D eigenvalue weighted by atomic mass is 10.0. The number of carbonyl (C=O) groups excluding carboxylic acids is 2. The van der Waals surface area contributed by atoms with E-state index in [-0.39, 0.29) is 16.5 Å². The number of nitrogens with two attached hydrogens (primary N) is 1. The summed E-state index contributed by atoms with van der Waals surface area (Å²) in [6.45, 7) is 0. The van der Waals surface area contributed by atoms with Crippen LogP contribution in [0.3, 0.4) is 0 Å². The lowest BCUT2D eigenvalue weighted by Crippen LogP contribution is -2.71. The molecule has 3 aromatic rings. The summed E-state index contributed by atoms with van der Waals surface area (Å²) in [5.41, 5.74) is 5.70. The first-order valence-corrected chi connectivity index (χ1v) is 13.0. The topological polar surface area (TPSA) is 201 Å². The van der Waals surface area contributed by atoms with Crippen LogP contribution in [0.15, 0.2) is 32.5 Å². The third kappa shape index (κ3) is 3.87. The summed E-state index contributed by atoms with van der Waals surface area (Å²) < 4.78 is 2.22. The summed E-state index contributed by atoms with van der Waals surface area (Å²) in [5, 5.41) is 37.5. The third-order valence-electron chi connectivity index (χ3n) is 4.85. The van der Waals surface area contributed by atoms with Crippen molar-refractivity contribution in [3.8, 4) is 0 Å². The maximum Gasteiger partial charge on any atom is 0.352 e. The summed E-state index contributed by atoms with van der Waals surface area (Å²) >= 11 is 5.06. The first-order valence-electron chi connectivity index (χ1n) is 9.31. The number of hydrogen-bond acceptors (Lipinski definition) is 14. The molecule has 34 heavy (non-hydrogen) atoms. The van der Waals surface area contributed by atoms with Gasteiger partial charge in [-0.15, -0.1) is 38.4 Å². The van der Waals surface area contributed by atoms with E-state index < -0.39 is 34.9 Å². The first-order chi connectivity index (χ1) is 16.4. The number of nitrogens with one attached hydrogen (secondary N) is 1. The zero-order valence-electron chi connectivity index (χ0n) is 16.7. The summed E-state index contributed by atoms with van der Waals surface area (Å²) in [7, 11) is 0. The molecule has 176 valence electrons. The smallest absolute Gasteiger partial charge is 0.352 e. The van der Waals surface area contributed by atoms with Crippen molar-refractivity contribution in [1.29, 1.82) is 0 Å². The van der Waals surface area contributed by atoms with Gasteiger partial charge in [0.25, 0.3) is 11.8 Å². The number of oxime groups is 1. The van der Waals surface area contributed by atoms with E-state index in [1.807, 2.05) is 0 Å². The Labute approximate surface area is 205 Å². The van der Waals surface area contributed by atoms with Crippen LogP contribution >= 0.6 is 46.2 Å². The van der Waals surface area contributed by atoms with Crippen molar-refractivity contribution in [1.82, 2.24) is 35.0 Å². The van der Waals surface area contributed by atoms with Crippen LogP contribution < -0.4 is 11.1 Å². The van der Waals surface area contributed by atoms with Crippen LogP contribution in [0.2, 0.25) is 0 Å². The highest BCUT2D eigenvalue weighted by atomic mass is 32.2. The average molecular weight is 540 g/mol. The molecule has 0 aromatic carbocycles. The Bertz CT molecular complexity index is 1350. The maximum atomic E-state index is 12.8. The monoisotopic (exact) mass is 539 g/mol. The zero-order chi connectivity index (χ0) is 24.0. The van der Waals surface area contributed by atoms with Gasteiger partial charge in [-0.1, -0.05) is 28.3 Å². The fraction of sp³-hybridized carbons (Fsp3) is 0.250. The van der Waals surface area contributed by atoms with Crippen LogP contribution in [0.25, 0.3) is 4.96 Å². The van der Waals surface area contributed by atoms with Crippen molar-refractivity contribution in [2.75, 3.05) is 17.2 Å². The number of carboxylic acid groups (broad SMARTS) is 1. The number of carboxylic acids is 1. The minimum atomic E-state index is -1.23. The number of thioether (sulfide) groups is 2. The van der Waals surface area contributed by atoms with Crippen molar-refractivity contribution >= 4 is 79.8 Å². The number of carbonyl (C=O) groups is 3. The van der Waals surface area contributed by atoms with Crippen molar-refractivity contribution in [3.05, 3.63) is 28.7 Å². The van der Waals surface area contributed by atoms with Gasteiger partial charge in [0, 0.05) is 16.9 Å². The number of nitrogen functional groups attached to an aromatic ring is 1. The number of rotatable bonds is 7. The van der Waals surface area contributed by atoms with Crippen LogP contribution in [0, 0.1) is 0 Å². The predicted octanol–water partition coefficient (Wildman–Crippen LogP) is -0.0663. The van der Waals surface area contributed by atoms with Crippen molar-refractivity contribution in [2.45, 2.75) is 15.8 Å². The van der Waals surface area contributed by atoms with E-state index in [1.54, 1.807) is 0 Å². The standard InChI is InChI=1S/C16H13N9O5S4/c17-14-19-6(3-32-14)7(23-30)10(26)20-8-11(27)25-9(13(28)29)5(1-31-12(8)25)2-33-16-22-24-4-18-21-15(24)34-16/h3-4,8,12,30H,1-2H2,(H2,17,19)(H,20,26)(H,28,29)/b23-7-/t8-,12-/m1/s1. The highest BCUT2D eigenvalue weighted by molar-refractivity contribution is 8.02. The predicted molar refractivity (Wildman–Crippen MR) is 124 cm³/mol. The molecule has 0 unspecified atom stereocenters. The van der Waals surface area contributed by atoms with Crippen LogP contribution in [-0.4, -0.2) is 86.4 Å². The number of aromatic nitrogens is 5. The highest BCUT2D eigenvalue weighted by Gasteiger charge is 2.54. The molecule has 0 saturated carbocycles. The summed E-state index contributed by atoms with van der Waals surface area (Å²) in [4.78, 5) is 43.1. The number of thiazole rings is 1. The van der Waals surface area contributed by atoms with Gasteiger partial charge < -0.3 is 21.4 Å². The molecular formula is C16H13N9O5S4. The molecule has 14 nitrogen and oxygen atoms in total. The van der Waals surface area contributed by atoms with Gasteiger partial charge in [-0.05, 0) is 5.57 Å². The Morgan fingerprint density at radius 1 is 1.41 bits per heavy atom. The average Bonchev–Trinajstić information content (AvgIpc) is 3.52. The van der Waals surface area contributed by atoms with Crippen molar-refractivity contribution in [2.24, 2.45) is 5.16 Å². The normalized spacial score (nSPS) is 20.4. The van der Waals surface area contributed by atoms with E-state index >= 15 is 0 Å². The van der Waals surface area contributed by atoms with Gasteiger partial charge in [-0.2, -0.15) is 4.52 Å². The maximum absolute atomic E-state index is 12.8. The van der Waals surface area contributed by atoms with E-state index in [0.717, 1.165) is 11.3 Å². The SMILES string of the molecule is Nc1nc(/C(=N/O)C(=O)N[C@@H]2C(=O)N3C(C(=O)O)=C(CSc4nn5cnnc5s4)CS[C@H]23)cs1. The van der Waals surface area contributed by atoms with E-state index in [0.29, 0.717) is 26.4 Å². The number of hydrogen-bond donors (Lipinski definition) is 4.